The van der Waals surface area contributed by atoms with Gasteiger partial charge in [0.25, 0.3) is 6.43 Å². The quantitative estimate of drug-likeness (QED) is 0.767. The van der Waals surface area contributed by atoms with Crippen molar-refractivity contribution in [2.45, 2.75) is 49.9 Å². The number of nitrogens with one attached hydrogen (secondary N) is 1. The standard InChI is InChI=1S/C17H20F2N4O2/c18-12(19)5-20-11-4-10(7-1-2-7)22-17-13(11)21-6-23(17)14-8-3-9(8)15(24)16(14)25/h4,6-9,12,14-16,24-25H,1-3,5H2,(H,20,22)/t8-,9+,14+,15+,16-/m0/s1. The second kappa shape index (κ2) is 5.35. The first kappa shape index (κ1) is 15.5. The highest BCUT2D eigenvalue weighted by Crippen LogP contribution is 2.58. The van der Waals surface area contributed by atoms with Gasteiger partial charge in [0.2, 0.25) is 0 Å². The molecule has 8 heteroatoms. The summed E-state index contributed by atoms with van der Waals surface area (Å²) in [5.41, 5.74) is 2.58. The van der Waals surface area contributed by atoms with Crippen LogP contribution in [0.25, 0.3) is 11.2 Å². The number of anilines is 1. The number of alkyl halides is 2. The highest BCUT2D eigenvalue weighted by molar-refractivity contribution is 5.86. The number of pyridine rings is 1. The van der Waals surface area contributed by atoms with E-state index in [2.05, 4.69) is 10.3 Å². The van der Waals surface area contributed by atoms with Gasteiger partial charge in [0.1, 0.15) is 11.6 Å². The Labute approximate surface area is 142 Å². The Bertz CT molecular complexity index is 822. The molecule has 3 N–H and O–H groups in total. The van der Waals surface area contributed by atoms with Crippen LogP contribution < -0.4 is 5.32 Å². The van der Waals surface area contributed by atoms with Crippen LogP contribution >= 0.6 is 0 Å². The van der Waals surface area contributed by atoms with Crippen molar-refractivity contribution < 1.29 is 19.0 Å². The van der Waals surface area contributed by atoms with Gasteiger partial charge in [0.05, 0.1) is 30.7 Å². The Morgan fingerprint density at radius 2 is 2.04 bits per heavy atom. The molecule has 0 amide bonds. The number of nitrogens with zero attached hydrogens (tertiary/aromatic N) is 3. The molecule has 134 valence electrons. The Morgan fingerprint density at radius 3 is 2.68 bits per heavy atom. The predicted octanol–water partition coefficient (Wildman–Crippen LogP) is 1.90. The Balaban J connectivity index is 1.58. The summed E-state index contributed by atoms with van der Waals surface area (Å²) in [6, 6.07) is 1.56. The van der Waals surface area contributed by atoms with Crippen LogP contribution in [0.15, 0.2) is 12.4 Å². The average Bonchev–Trinajstić information content (AvgIpc) is 3.49. The zero-order valence-electron chi connectivity index (χ0n) is 13.5. The largest absolute Gasteiger partial charge is 0.390 e. The molecule has 0 spiro atoms. The second-order valence-corrected chi connectivity index (χ2v) is 7.50. The van der Waals surface area contributed by atoms with E-state index in [1.54, 1.807) is 6.33 Å². The van der Waals surface area contributed by atoms with Crippen LogP contribution in [-0.2, 0) is 0 Å². The van der Waals surface area contributed by atoms with E-state index >= 15 is 0 Å². The van der Waals surface area contributed by atoms with E-state index in [1.807, 2.05) is 10.6 Å². The van der Waals surface area contributed by atoms with Gasteiger partial charge in [-0.05, 0) is 37.2 Å². The van der Waals surface area contributed by atoms with E-state index < -0.39 is 25.2 Å². The van der Waals surface area contributed by atoms with Crippen molar-refractivity contribution in [1.29, 1.82) is 0 Å². The summed E-state index contributed by atoms with van der Waals surface area (Å²) in [7, 11) is 0. The Kier molecular flexibility index (Phi) is 3.31. The number of aliphatic hydroxyl groups excluding tert-OH is 2. The maximum Gasteiger partial charge on any atom is 0.255 e. The van der Waals surface area contributed by atoms with Crippen molar-refractivity contribution in [3.05, 3.63) is 18.1 Å². The first-order valence-electron chi connectivity index (χ1n) is 8.80. The SMILES string of the molecule is O[C@@H]1[C@H](O)[C@@H]2C[C@@H]2[C@H]1n1cnc2c(NCC(F)F)cc(C3CC3)nc21. The van der Waals surface area contributed by atoms with Gasteiger partial charge in [-0.25, -0.2) is 18.7 Å². The maximum absolute atomic E-state index is 12.6. The van der Waals surface area contributed by atoms with Crippen LogP contribution in [-0.4, -0.2) is 49.9 Å². The predicted molar refractivity (Wildman–Crippen MR) is 86.6 cm³/mol. The minimum atomic E-state index is -2.45. The van der Waals surface area contributed by atoms with E-state index in [1.165, 1.54) is 0 Å². The minimum Gasteiger partial charge on any atom is -0.390 e. The summed E-state index contributed by atoms with van der Waals surface area (Å²) in [6.07, 6.45) is 0.603. The summed E-state index contributed by atoms with van der Waals surface area (Å²) in [4.78, 5) is 9.10. The Hall–Kier alpha value is -1.80. The lowest BCUT2D eigenvalue weighted by Crippen LogP contribution is -2.31. The van der Waals surface area contributed by atoms with Crippen molar-refractivity contribution in [1.82, 2.24) is 14.5 Å². The van der Waals surface area contributed by atoms with Crippen LogP contribution in [0.2, 0.25) is 0 Å². The fraction of sp³-hybridized carbons (Fsp3) is 0.647. The smallest absolute Gasteiger partial charge is 0.255 e. The number of aliphatic hydroxyl groups is 2. The van der Waals surface area contributed by atoms with Crippen LogP contribution in [0.4, 0.5) is 14.5 Å². The molecule has 6 nitrogen and oxygen atoms in total. The van der Waals surface area contributed by atoms with Gasteiger partial charge < -0.3 is 20.1 Å². The first-order valence-corrected chi connectivity index (χ1v) is 8.80. The fourth-order valence-electron chi connectivity index (χ4n) is 4.25. The second-order valence-electron chi connectivity index (χ2n) is 7.50. The molecule has 0 saturated heterocycles. The number of fused-ring (bicyclic) bond motifs is 2. The van der Waals surface area contributed by atoms with Crippen molar-refractivity contribution in [2.75, 3.05) is 11.9 Å². The molecular weight excluding hydrogens is 330 g/mol. The van der Waals surface area contributed by atoms with Gasteiger partial charge in [-0.15, -0.1) is 0 Å². The molecule has 3 saturated carbocycles. The number of imidazole rings is 1. The van der Waals surface area contributed by atoms with E-state index in [0.29, 0.717) is 22.8 Å². The molecule has 0 radical (unpaired) electrons. The summed E-state index contributed by atoms with van der Waals surface area (Å²) in [5, 5.41) is 23.3. The topological polar surface area (TPSA) is 83.2 Å². The van der Waals surface area contributed by atoms with Crippen LogP contribution in [0.5, 0.6) is 0 Å². The molecule has 0 aliphatic heterocycles. The van der Waals surface area contributed by atoms with E-state index in [4.69, 9.17) is 4.98 Å². The minimum absolute atomic E-state index is 0.139. The fourth-order valence-corrected chi connectivity index (χ4v) is 4.25. The zero-order valence-corrected chi connectivity index (χ0v) is 13.5. The van der Waals surface area contributed by atoms with Gasteiger partial charge in [-0.2, -0.15) is 0 Å². The lowest BCUT2D eigenvalue weighted by atomic mass is 10.1. The first-order chi connectivity index (χ1) is 12.0. The van der Waals surface area contributed by atoms with Gasteiger partial charge in [-0.1, -0.05) is 0 Å². The molecule has 2 aromatic heterocycles. The monoisotopic (exact) mass is 350 g/mol. The molecule has 2 heterocycles. The van der Waals surface area contributed by atoms with Gasteiger partial charge in [0.15, 0.2) is 5.65 Å². The lowest BCUT2D eigenvalue weighted by molar-refractivity contribution is 0.00386. The number of rotatable bonds is 5. The van der Waals surface area contributed by atoms with Gasteiger partial charge >= 0.3 is 0 Å². The van der Waals surface area contributed by atoms with Crippen LogP contribution in [0.3, 0.4) is 0 Å². The normalized spacial score (nSPS) is 33.9. The average molecular weight is 350 g/mol. The third kappa shape index (κ3) is 2.42. The molecule has 0 aromatic carbocycles. The van der Waals surface area contributed by atoms with E-state index in [-0.39, 0.29) is 17.9 Å². The van der Waals surface area contributed by atoms with Crippen LogP contribution in [0.1, 0.15) is 36.9 Å². The number of aromatic nitrogens is 3. The maximum atomic E-state index is 12.6. The van der Waals surface area contributed by atoms with Gasteiger partial charge in [-0.3, -0.25) is 0 Å². The molecule has 0 unspecified atom stereocenters. The van der Waals surface area contributed by atoms with E-state index in [9.17, 15) is 19.0 Å². The summed E-state index contributed by atoms with van der Waals surface area (Å²) in [6.45, 7) is -0.439. The van der Waals surface area contributed by atoms with Crippen LogP contribution in [0, 0.1) is 11.8 Å². The van der Waals surface area contributed by atoms with Crippen molar-refractivity contribution in [3.63, 3.8) is 0 Å². The summed E-state index contributed by atoms with van der Waals surface area (Å²) >= 11 is 0. The molecular formula is C17H20F2N4O2. The molecule has 5 rings (SSSR count). The molecule has 2 aromatic rings. The van der Waals surface area contributed by atoms with E-state index in [0.717, 1.165) is 25.0 Å². The molecule has 3 fully saturated rings. The zero-order chi connectivity index (χ0) is 17.3. The van der Waals surface area contributed by atoms with Crippen molar-refractivity contribution >= 4 is 16.9 Å². The molecule has 3 aliphatic rings. The van der Waals surface area contributed by atoms with Gasteiger partial charge in [0, 0.05) is 11.6 Å². The molecule has 25 heavy (non-hydrogen) atoms. The highest BCUT2D eigenvalue weighted by atomic mass is 19.3. The molecule has 0 bridgehead atoms. The number of hydrogen-bond acceptors (Lipinski definition) is 5. The molecule has 5 atom stereocenters. The number of hydrogen-bond donors (Lipinski definition) is 3. The summed E-state index contributed by atoms with van der Waals surface area (Å²) < 4.78 is 27.1. The highest BCUT2D eigenvalue weighted by Gasteiger charge is 2.60. The molecule has 3 aliphatic carbocycles. The third-order valence-electron chi connectivity index (χ3n) is 5.78. The number of halogens is 2. The van der Waals surface area contributed by atoms with Crippen molar-refractivity contribution in [3.8, 4) is 0 Å². The third-order valence-corrected chi connectivity index (χ3v) is 5.78. The van der Waals surface area contributed by atoms with Crippen molar-refractivity contribution in [2.24, 2.45) is 11.8 Å². The lowest BCUT2D eigenvalue weighted by Gasteiger charge is -2.22. The summed E-state index contributed by atoms with van der Waals surface area (Å²) in [5.74, 6) is 0.736. The Morgan fingerprint density at radius 1 is 1.24 bits per heavy atom.